The van der Waals surface area contributed by atoms with Gasteiger partial charge >= 0.3 is 23.1 Å². The first kappa shape index (κ1) is 23.1. The van der Waals surface area contributed by atoms with Gasteiger partial charge in [-0.15, -0.1) is 0 Å². The van der Waals surface area contributed by atoms with Crippen LogP contribution in [-0.2, 0) is 12.8 Å². The van der Waals surface area contributed by atoms with E-state index in [2.05, 4.69) is 13.8 Å². The molecule has 0 N–H and O–H groups in total. The zero-order valence-electron chi connectivity index (χ0n) is 14.8. The summed E-state index contributed by atoms with van der Waals surface area (Å²) in [5, 5.41) is 20.9. The van der Waals surface area contributed by atoms with Crippen LogP contribution in [0.4, 0.5) is 0 Å². The van der Waals surface area contributed by atoms with E-state index < -0.39 is 11.9 Å². The first-order valence-electron chi connectivity index (χ1n) is 8.08. The first-order chi connectivity index (χ1) is 11.5. The summed E-state index contributed by atoms with van der Waals surface area (Å²) < 4.78 is 0. The predicted molar refractivity (Wildman–Crippen MR) is 95.3 cm³/mol. The summed E-state index contributed by atoms with van der Waals surface area (Å²) in [5.41, 5.74) is 2.64. The molecular weight excluding hydrogens is 329 g/mol. The summed E-state index contributed by atoms with van der Waals surface area (Å²) in [6, 6.07) is 13.8. The predicted octanol–water partition coefficient (Wildman–Crippen LogP) is 1.62. The summed E-state index contributed by atoms with van der Waals surface area (Å²) in [7, 11) is 0. The number of aryl methyl sites for hydroxylation is 2. The Balaban J connectivity index is 0.000000443. The maximum atomic E-state index is 10.4. The van der Waals surface area contributed by atoms with Crippen molar-refractivity contribution in [2.24, 2.45) is 0 Å². The molecule has 0 radical (unpaired) electrons. The third kappa shape index (κ3) is 8.70. The van der Waals surface area contributed by atoms with Crippen molar-refractivity contribution in [3.05, 3.63) is 70.8 Å². The molecular formula is C20H22MgO4. The van der Waals surface area contributed by atoms with Crippen molar-refractivity contribution in [3.63, 3.8) is 0 Å². The van der Waals surface area contributed by atoms with Gasteiger partial charge in [-0.05, 0) is 47.2 Å². The van der Waals surface area contributed by atoms with E-state index in [0.29, 0.717) is 0 Å². The van der Waals surface area contributed by atoms with Gasteiger partial charge in [0.1, 0.15) is 0 Å². The van der Waals surface area contributed by atoms with Crippen molar-refractivity contribution in [3.8, 4) is 0 Å². The summed E-state index contributed by atoms with van der Waals surface area (Å²) in [6.45, 7) is 4.12. The molecule has 4 nitrogen and oxygen atoms in total. The molecule has 0 atom stereocenters. The number of hydrogen-bond donors (Lipinski definition) is 0. The zero-order chi connectivity index (χ0) is 17.9. The molecule has 0 aliphatic rings. The first-order valence-corrected chi connectivity index (χ1v) is 8.08. The van der Waals surface area contributed by atoms with Crippen LogP contribution >= 0.6 is 0 Å². The Labute approximate surface area is 165 Å². The van der Waals surface area contributed by atoms with Gasteiger partial charge in [0.2, 0.25) is 0 Å². The fourth-order valence-corrected chi connectivity index (χ4v) is 2.28. The van der Waals surface area contributed by atoms with E-state index in [1.807, 2.05) is 12.1 Å². The molecule has 0 unspecified atom stereocenters. The second kappa shape index (κ2) is 12.5. The molecule has 0 fully saturated rings. The van der Waals surface area contributed by atoms with E-state index in [1.54, 1.807) is 36.4 Å². The standard InChI is InChI=1S/2C10H12O2.Mg/c2*1-2-4-8-5-3-6-9(7-8)10(11)12;/h2*3,5-7H,2,4H2,1H3,(H,11,12);/q;;+2/p-2. The summed E-state index contributed by atoms with van der Waals surface area (Å²) in [6.07, 6.45) is 3.88. The van der Waals surface area contributed by atoms with E-state index in [1.165, 1.54) is 0 Å². The van der Waals surface area contributed by atoms with Crippen molar-refractivity contribution in [1.29, 1.82) is 0 Å². The molecule has 0 saturated heterocycles. The van der Waals surface area contributed by atoms with Crippen molar-refractivity contribution in [2.45, 2.75) is 39.5 Å². The molecule has 0 bridgehead atoms. The Kier molecular flexibility index (Phi) is 11.6. The van der Waals surface area contributed by atoms with Crippen LogP contribution in [0.25, 0.3) is 0 Å². The normalized spacial score (nSPS) is 9.36. The Morgan fingerprint density at radius 1 is 0.760 bits per heavy atom. The number of aromatic carboxylic acids is 2. The van der Waals surface area contributed by atoms with Crippen molar-refractivity contribution >= 4 is 35.0 Å². The van der Waals surface area contributed by atoms with Gasteiger partial charge in [0.25, 0.3) is 0 Å². The van der Waals surface area contributed by atoms with Gasteiger partial charge in [0, 0.05) is 0 Å². The van der Waals surface area contributed by atoms with E-state index in [-0.39, 0.29) is 34.2 Å². The molecule has 5 heteroatoms. The fourth-order valence-electron chi connectivity index (χ4n) is 2.28. The maximum Gasteiger partial charge on any atom is 2.00 e. The van der Waals surface area contributed by atoms with Crippen LogP contribution in [0.5, 0.6) is 0 Å². The van der Waals surface area contributed by atoms with Crippen LogP contribution in [0.2, 0.25) is 0 Å². The Bertz CT molecular complexity index is 623. The van der Waals surface area contributed by atoms with Crippen LogP contribution in [0.3, 0.4) is 0 Å². The molecule has 2 aromatic rings. The average molecular weight is 351 g/mol. The van der Waals surface area contributed by atoms with Gasteiger partial charge in [-0.3, -0.25) is 0 Å². The monoisotopic (exact) mass is 350 g/mol. The summed E-state index contributed by atoms with van der Waals surface area (Å²) in [5.74, 6) is -2.21. The van der Waals surface area contributed by atoms with Crippen LogP contribution in [-0.4, -0.2) is 35.0 Å². The fraction of sp³-hybridized carbons (Fsp3) is 0.300. The number of hydrogen-bond acceptors (Lipinski definition) is 4. The van der Waals surface area contributed by atoms with E-state index in [0.717, 1.165) is 36.8 Å². The minimum Gasteiger partial charge on any atom is -0.545 e. The zero-order valence-corrected chi connectivity index (χ0v) is 16.2. The van der Waals surface area contributed by atoms with Gasteiger partial charge < -0.3 is 19.8 Å². The molecule has 25 heavy (non-hydrogen) atoms. The topological polar surface area (TPSA) is 80.3 Å². The molecule has 0 aromatic heterocycles. The SMILES string of the molecule is CCCc1cccc(C(=O)[O-])c1.CCCc1cccc(C(=O)[O-])c1.[Mg+2]. The second-order valence-electron chi connectivity index (χ2n) is 5.48. The van der Waals surface area contributed by atoms with Crippen LogP contribution in [0, 0.1) is 0 Å². The van der Waals surface area contributed by atoms with Crippen molar-refractivity contribution < 1.29 is 19.8 Å². The van der Waals surface area contributed by atoms with Gasteiger partial charge in [0.05, 0.1) is 11.9 Å². The number of carboxylic acids is 2. The summed E-state index contributed by atoms with van der Waals surface area (Å²) >= 11 is 0. The van der Waals surface area contributed by atoms with E-state index in [9.17, 15) is 19.8 Å². The van der Waals surface area contributed by atoms with Gasteiger partial charge in [-0.2, -0.15) is 0 Å². The molecule has 0 spiro atoms. The quantitative estimate of drug-likeness (QED) is 0.741. The van der Waals surface area contributed by atoms with Gasteiger partial charge in [-0.25, -0.2) is 0 Å². The van der Waals surface area contributed by atoms with Crippen molar-refractivity contribution in [1.82, 2.24) is 0 Å². The molecule has 0 aliphatic heterocycles. The molecule has 0 heterocycles. The minimum atomic E-state index is -1.10. The minimum absolute atomic E-state index is 0. The molecule has 128 valence electrons. The molecule has 0 aliphatic carbocycles. The van der Waals surface area contributed by atoms with Crippen LogP contribution in [0.1, 0.15) is 58.5 Å². The third-order valence-electron chi connectivity index (χ3n) is 3.40. The largest absolute Gasteiger partial charge is 2.00 e. The molecule has 2 aromatic carbocycles. The van der Waals surface area contributed by atoms with Gasteiger partial charge in [0.15, 0.2) is 0 Å². The van der Waals surface area contributed by atoms with Gasteiger partial charge in [-0.1, -0.05) is 63.1 Å². The third-order valence-corrected chi connectivity index (χ3v) is 3.40. The van der Waals surface area contributed by atoms with Crippen LogP contribution in [0.15, 0.2) is 48.5 Å². The number of carboxylic acid groups (broad SMARTS) is 2. The maximum absolute atomic E-state index is 10.4. The molecule has 0 saturated carbocycles. The number of rotatable bonds is 6. The Hall–Kier alpha value is -1.85. The van der Waals surface area contributed by atoms with E-state index in [4.69, 9.17) is 0 Å². The Morgan fingerprint density at radius 3 is 1.40 bits per heavy atom. The summed E-state index contributed by atoms with van der Waals surface area (Å²) in [4.78, 5) is 20.9. The smallest absolute Gasteiger partial charge is 0.545 e. The number of carbonyl (C=O) groups is 2. The van der Waals surface area contributed by atoms with Crippen molar-refractivity contribution in [2.75, 3.05) is 0 Å². The molecule has 2 rings (SSSR count). The van der Waals surface area contributed by atoms with E-state index >= 15 is 0 Å². The van der Waals surface area contributed by atoms with Crippen LogP contribution < -0.4 is 10.2 Å². The Morgan fingerprint density at radius 2 is 1.12 bits per heavy atom. The number of carbonyl (C=O) groups excluding carboxylic acids is 2. The number of benzene rings is 2. The average Bonchev–Trinajstić information content (AvgIpc) is 2.56. The second-order valence-corrected chi connectivity index (χ2v) is 5.48. The molecule has 0 amide bonds.